The molecule has 0 aromatic heterocycles. The molecule has 1 aliphatic rings. The number of hydrogen-bond acceptors (Lipinski definition) is 2. The van der Waals surface area contributed by atoms with Crippen molar-refractivity contribution in [2.75, 3.05) is 0 Å². The number of nitrogens with zero attached hydrogens (tertiary/aromatic N) is 1. The summed E-state index contributed by atoms with van der Waals surface area (Å²) >= 11 is 6.16. The standard InChI is InChI=1S/C21H24ClNO2/c1-15-7-6-8-16(2)23(15)21(24)19-13-18(22)11-12-20(19)25-14-17-9-4-3-5-10-17/h3-5,9-13,15-16H,6-8,14H2,1-2H3/t15-,16-/m1/s1. The third-order valence-corrected chi connectivity index (χ3v) is 5.07. The average molecular weight is 358 g/mol. The highest BCUT2D eigenvalue weighted by molar-refractivity contribution is 6.31. The van der Waals surface area contributed by atoms with Crippen molar-refractivity contribution < 1.29 is 9.53 Å². The molecule has 1 aliphatic heterocycles. The predicted molar refractivity (Wildman–Crippen MR) is 101 cm³/mol. The van der Waals surface area contributed by atoms with Gasteiger partial charge in [0.15, 0.2) is 0 Å². The van der Waals surface area contributed by atoms with Crippen LogP contribution >= 0.6 is 11.6 Å². The van der Waals surface area contributed by atoms with Gasteiger partial charge >= 0.3 is 0 Å². The summed E-state index contributed by atoms with van der Waals surface area (Å²) in [6.07, 6.45) is 3.24. The molecule has 0 saturated carbocycles. The lowest BCUT2D eigenvalue weighted by Crippen LogP contribution is -2.47. The maximum atomic E-state index is 13.2. The predicted octanol–water partition coefficient (Wildman–Crippen LogP) is 5.32. The van der Waals surface area contributed by atoms with Crippen molar-refractivity contribution in [1.29, 1.82) is 0 Å². The van der Waals surface area contributed by atoms with Crippen molar-refractivity contribution in [2.24, 2.45) is 0 Å². The van der Waals surface area contributed by atoms with Crippen LogP contribution in [0.2, 0.25) is 5.02 Å². The van der Waals surface area contributed by atoms with Gasteiger partial charge in [-0.25, -0.2) is 0 Å². The maximum Gasteiger partial charge on any atom is 0.258 e. The lowest BCUT2D eigenvalue weighted by atomic mass is 9.96. The SMILES string of the molecule is C[C@@H]1CCC[C@@H](C)N1C(=O)c1cc(Cl)ccc1OCc1ccccc1. The van der Waals surface area contributed by atoms with Gasteiger partial charge in [-0.05, 0) is 56.9 Å². The van der Waals surface area contributed by atoms with E-state index in [0.29, 0.717) is 22.9 Å². The van der Waals surface area contributed by atoms with E-state index < -0.39 is 0 Å². The second-order valence-electron chi connectivity index (χ2n) is 6.76. The van der Waals surface area contributed by atoms with E-state index in [1.807, 2.05) is 35.2 Å². The van der Waals surface area contributed by atoms with Crippen LogP contribution in [0, 0.1) is 0 Å². The van der Waals surface area contributed by atoms with Crippen LogP contribution < -0.4 is 4.74 Å². The Morgan fingerprint density at radius 3 is 2.48 bits per heavy atom. The molecule has 1 fully saturated rings. The van der Waals surface area contributed by atoms with Gasteiger partial charge in [-0.2, -0.15) is 0 Å². The number of rotatable bonds is 4. The summed E-state index contributed by atoms with van der Waals surface area (Å²) in [5, 5.41) is 0.549. The number of piperidine rings is 1. The Morgan fingerprint density at radius 1 is 1.12 bits per heavy atom. The fourth-order valence-corrected chi connectivity index (χ4v) is 3.66. The second-order valence-corrected chi connectivity index (χ2v) is 7.19. The van der Waals surface area contributed by atoms with Gasteiger partial charge in [0, 0.05) is 17.1 Å². The van der Waals surface area contributed by atoms with Crippen molar-refractivity contribution >= 4 is 17.5 Å². The summed E-state index contributed by atoms with van der Waals surface area (Å²) in [5.74, 6) is 0.591. The molecule has 0 N–H and O–H groups in total. The lowest BCUT2D eigenvalue weighted by molar-refractivity contribution is 0.0506. The molecule has 0 radical (unpaired) electrons. The molecule has 4 heteroatoms. The second kappa shape index (κ2) is 7.92. The van der Waals surface area contributed by atoms with E-state index in [4.69, 9.17) is 16.3 Å². The van der Waals surface area contributed by atoms with E-state index >= 15 is 0 Å². The van der Waals surface area contributed by atoms with Crippen LogP contribution in [0.1, 0.15) is 49.0 Å². The summed E-state index contributed by atoms with van der Waals surface area (Å²) in [5.41, 5.74) is 1.61. The molecule has 1 amide bonds. The quantitative estimate of drug-likeness (QED) is 0.740. The van der Waals surface area contributed by atoms with Crippen molar-refractivity contribution in [2.45, 2.75) is 51.8 Å². The zero-order chi connectivity index (χ0) is 17.8. The number of halogens is 1. The molecule has 25 heavy (non-hydrogen) atoms. The molecule has 0 bridgehead atoms. The molecule has 0 aliphatic carbocycles. The minimum atomic E-state index is 0.00487. The fraction of sp³-hybridized carbons (Fsp3) is 0.381. The number of carbonyl (C=O) groups is 1. The first kappa shape index (κ1) is 17.8. The first-order valence-corrected chi connectivity index (χ1v) is 9.23. The van der Waals surface area contributed by atoms with Crippen molar-refractivity contribution in [1.82, 2.24) is 4.90 Å². The number of benzene rings is 2. The largest absolute Gasteiger partial charge is 0.488 e. The fourth-order valence-electron chi connectivity index (χ4n) is 3.49. The number of hydrogen-bond donors (Lipinski definition) is 0. The van der Waals surface area contributed by atoms with Gasteiger partial charge in [0.05, 0.1) is 5.56 Å². The molecule has 2 aromatic carbocycles. The van der Waals surface area contributed by atoms with E-state index in [-0.39, 0.29) is 18.0 Å². The van der Waals surface area contributed by atoms with E-state index in [1.54, 1.807) is 18.2 Å². The number of carbonyl (C=O) groups excluding carboxylic acids is 1. The first-order valence-electron chi connectivity index (χ1n) is 8.85. The zero-order valence-electron chi connectivity index (χ0n) is 14.7. The summed E-state index contributed by atoms with van der Waals surface area (Å²) < 4.78 is 5.95. The summed E-state index contributed by atoms with van der Waals surface area (Å²) in [7, 11) is 0. The molecule has 0 unspecified atom stereocenters. The average Bonchev–Trinajstić information content (AvgIpc) is 2.61. The normalized spacial score (nSPS) is 20.4. The van der Waals surface area contributed by atoms with Crippen LogP contribution in [0.4, 0.5) is 0 Å². The number of amides is 1. The van der Waals surface area contributed by atoms with Gasteiger partial charge in [0.1, 0.15) is 12.4 Å². The van der Waals surface area contributed by atoms with Crippen LogP contribution in [-0.4, -0.2) is 22.9 Å². The summed E-state index contributed by atoms with van der Waals surface area (Å²) in [6, 6.07) is 15.7. The molecule has 1 saturated heterocycles. The molecule has 1 heterocycles. The molecular formula is C21H24ClNO2. The van der Waals surface area contributed by atoms with E-state index in [0.717, 1.165) is 18.4 Å². The summed E-state index contributed by atoms with van der Waals surface area (Å²) in [4.78, 5) is 15.2. The molecular weight excluding hydrogens is 334 g/mol. The Balaban J connectivity index is 1.84. The van der Waals surface area contributed by atoms with Crippen LogP contribution in [0.3, 0.4) is 0 Å². The smallest absolute Gasteiger partial charge is 0.258 e. The van der Waals surface area contributed by atoms with Gasteiger partial charge in [0.2, 0.25) is 0 Å². The summed E-state index contributed by atoms with van der Waals surface area (Å²) in [6.45, 7) is 4.65. The monoisotopic (exact) mass is 357 g/mol. The molecule has 3 nitrogen and oxygen atoms in total. The van der Waals surface area contributed by atoms with Gasteiger partial charge in [0.25, 0.3) is 5.91 Å². The van der Waals surface area contributed by atoms with E-state index in [1.165, 1.54) is 6.42 Å². The van der Waals surface area contributed by atoms with E-state index in [2.05, 4.69) is 13.8 Å². The van der Waals surface area contributed by atoms with Gasteiger partial charge < -0.3 is 9.64 Å². The Kier molecular flexibility index (Phi) is 5.64. The first-order chi connectivity index (χ1) is 12.1. The van der Waals surface area contributed by atoms with E-state index in [9.17, 15) is 4.79 Å². The highest BCUT2D eigenvalue weighted by atomic mass is 35.5. The molecule has 2 atom stereocenters. The number of likely N-dealkylation sites (tertiary alicyclic amines) is 1. The van der Waals surface area contributed by atoms with Gasteiger partial charge in [-0.15, -0.1) is 0 Å². The highest BCUT2D eigenvalue weighted by Crippen LogP contribution is 2.30. The Labute approximate surface area is 154 Å². The van der Waals surface area contributed by atoms with Crippen LogP contribution in [-0.2, 0) is 6.61 Å². The topological polar surface area (TPSA) is 29.5 Å². The maximum absolute atomic E-state index is 13.2. The van der Waals surface area contributed by atoms with Crippen LogP contribution in [0.5, 0.6) is 5.75 Å². The van der Waals surface area contributed by atoms with Gasteiger partial charge in [-0.1, -0.05) is 41.9 Å². The lowest BCUT2D eigenvalue weighted by Gasteiger charge is -2.39. The van der Waals surface area contributed by atoms with Crippen molar-refractivity contribution in [3.05, 3.63) is 64.7 Å². The highest BCUT2D eigenvalue weighted by Gasteiger charge is 2.31. The minimum absolute atomic E-state index is 0.00487. The third-order valence-electron chi connectivity index (χ3n) is 4.84. The molecule has 0 spiro atoms. The van der Waals surface area contributed by atoms with Crippen molar-refractivity contribution in [3.63, 3.8) is 0 Å². The molecule has 2 aromatic rings. The van der Waals surface area contributed by atoms with Crippen LogP contribution in [0.15, 0.2) is 48.5 Å². The number of ether oxygens (including phenoxy) is 1. The minimum Gasteiger partial charge on any atom is -0.488 e. The zero-order valence-corrected chi connectivity index (χ0v) is 15.5. The third kappa shape index (κ3) is 4.16. The Morgan fingerprint density at radius 2 is 1.80 bits per heavy atom. The van der Waals surface area contributed by atoms with Crippen molar-refractivity contribution in [3.8, 4) is 5.75 Å². The Bertz CT molecular complexity index is 722. The molecule has 132 valence electrons. The molecule has 3 rings (SSSR count). The van der Waals surface area contributed by atoms with Crippen LogP contribution in [0.25, 0.3) is 0 Å². The Hall–Kier alpha value is -2.00. The van der Waals surface area contributed by atoms with Gasteiger partial charge in [-0.3, -0.25) is 4.79 Å².